The summed E-state index contributed by atoms with van der Waals surface area (Å²) in [6.07, 6.45) is 2.69. The third-order valence-corrected chi connectivity index (χ3v) is 5.37. The molecule has 4 heteroatoms. The summed E-state index contributed by atoms with van der Waals surface area (Å²) in [5.74, 6) is 0.929. The molecule has 0 aromatic heterocycles. The molecule has 3 unspecified atom stereocenters. The number of hydrogen-bond acceptors (Lipinski definition) is 2. The first-order chi connectivity index (χ1) is 11.1. The summed E-state index contributed by atoms with van der Waals surface area (Å²) in [5, 5.41) is 1.26. The number of nitrogens with one attached hydrogen (secondary N) is 1. The second kappa shape index (κ2) is 6.69. The standard InChI is InChI=1S/C19H21NO2S/c1-15-14-18(15)19(17-10-6-3-7-11-17)20-23(21,22)13-12-16-8-4-2-5-9-16/h2-13,15,18-20H,14H2,1H3/b13-12+. The lowest BCUT2D eigenvalue weighted by atomic mass is 10.0. The summed E-state index contributed by atoms with van der Waals surface area (Å²) in [6, 6.07) is 19.1. The zero-order valence-corrected chi connectivity index (χ0v) is 13.9. The van der Waals surface area contributed by atoms with Crippen LogP contribution in [0.4, 0.5) is 0 Å². The maximum atomic E-state index is 12.4. The third-order valence-electron chi connectivity index (χ3n) is 4.29. The molecule has 3 nitrogen and oxygen atoms in total. The van der Waals surface area contributed by atoms with Gasteiger partial charge in [-0.05, 0) is 35.5 Å². The third kappa shape index (κ3) is 4.30. The van der Waals surface area contributed by atoms with Crippen molar-refractivity contribution in [1.82, 2.24) is 4.72 Å². The normalized spacial score (nSPS) is 22.1. The van der Waals surface area contributed by atoms with Crippen molar-refractivity contribution in [3.8, 4) is 0 Å². The quantitative estimate of drug-likeness (QED) is 0.872. The molecule has 3 rings (SSSR count). The summed E-state index contributed by atoms with van der Waals surface area (Å²) in [7, 11) is -3.49. The minimum absolute atomic E-state index is 0.156. The first-order valence-electron chi connectivity index (χ1n) is 7.85. The van der Waals surface area contributed by atoms with Crippen LogP contribution >= 0.6 is 0 Å². The van der Waals surface area contributed by atoms with Crippen molar-refractivity contribution >= 4 is 16.1 Å². The second-order valence-electron chi connectivity index (χ2n) is 6.14. The molecule has 1 saturated carbocycles. The van der Waals surface area contributed by atoms with Gasteiger partial charge < -0.3 is 0 Å². The van der Waals surface area contributed by atoms with Gasteiger partial charge in [-0.2, -0.15) is 0 Å². The Labute approximate surface area is 138 Å². The van der Waals surface area contributed by atoms with E-state index in [2.05, 4.69) is 11.6 Å². The van der Waals surface area contributed by atoms with E-state index in [1.165, 1.54) is 5.41 Å². The van der Waals surface area contributed by atoms with Gasteiger partial charge in [0, 0.05) is 5.41 Å². The second-order valence-corrected chi connectivity index (χ2v) is 7.74. The maximum Gasteiger partial charge on any atom is 0.234 e. The molecular weight excluding hydrogens is 306 g/mol. The average Bonchev–Trinajstić information content (AvgIpc) is 3.29. The predicted octanol–water partition coefficient (Wildman–Crippen LogP) is 3.97. The highest BCUT2D eigenvalue weighted by Gasteiger charge is 2.41. The molecule has 3 atom stereocenters. The number of sulfonamides is 1. The van der Waals surface area contributed by atoms with Crippen molar-refractivity contribution < 1.29 is 8.42 Å². The van der Waals surface area contributed by atoms with E-state index in [0.29, 0.717) is 11.8 Å². The minimum Gasteiger partial charge on any atom is -0.208 e. The van der Waals surface area contributed by atoms with Gasteiger partial charge in [0.15, 0.2) is 0 Å². The topological polar surface area (TPSA) is 46.2 Å². The van der Waals surface area contributed by atoms with Gasteiger partial charge in [0.05, 0.1) is 6.04 Å². The van der Waals surface area contributed by atoms with Crippen LogP contribution in [0.25, 0.3) is 6.08 Å². The molecule has 0 saturated heterocycles. The highest BCUT2D eigenvalue weighted by molar-refractivity contribution is 7.92. The lowest BCUT2D eigenvalue weighted by Gasteiger charge is -2.18. The molecule has 0 radical (unpaired) electrons. The molecule has 0 bridgehead atoms. The van der Waals surface area contributed by atoms with Gasteiger partial charge in [-0.1, -0.05) is 67.6 Å². The van der Waals surface area contributed by atoms with Crippen LogP contribution in [0, 0.1) is 11.8 Å². The Hall–Kier alpha value is -1.91. The molecule has 1 N–H and O–H groups in total. The van der Waals surface area contributed by atoms with Gasteiger partial charge in [0.25, 0.3) is 0 Å². The Morgan fingerprint density at radius 2 is 1.61 bits per heavy atom. The van der Waals surface area contributed by atoms with Crippen LogP contribution in [0.2, 0.25) is 0 Å². The van der Waals surface area contributed by atoms with E-state index in [9.17, 15) is 8.42 Å². The Balaban J connectivity index is 1.78. The van der Waals surface area contributed by atoms with Crippen LogP contribution in [-0.2, 0) is 10.0 Å². The van der Waals surface area contributed by atoms with Gasteiger partial charge >= 0.3 is 0 Å². The summed E-state index contributed by atoms with van der Waals surface area (Å²) in [4.78, 5) is 0. The summed E-state index contributed by atoms with van der Waals surface area (Å²) < 4.78 is 27.7. The molecule has 0 heterocycles. The highest BCUT2D eigenvalue weighted by atomic mass is 32.2. The molecule has 0 aliphatic heterocycles. The zero-order valence-electron chi connectivity index (χ0n) is 13.1. The lowest BCUT2D eigenvalue weighted by Crippen LogP contribution is -2.28. The van der Waals surface area contributed by atoms with Crippen LogP contribution in [0.15, 0.2) is 66.1 Å². The smallest absolute Gasteiger partial charge is 0.208 e. The molecule has 1 aliphatic carbocycles. The molecule has 0 spiro atoms. The average molecular weight is 327 g/mol. The molecule has 0 amide bonds. The summed E-state index contributed by atoms with van der Waals surface area (Å²) in [5.41, 5.74) is 1.90. The monoisotopic (exact) mass is 327 g/mol. The van der Waals surface area contributed by atoms with E-state index in [-0.39, 0.29) is 6.04 Å². The fourth-order valence-electron chi connectivity index (χ4n) is 2.83. The Morgan fingerprint density at radius 1 is 1.04 bits per heavy atom. The first-order valence-corrected chi connectivity index (χ1v) is 9.40. The van der Waals surface area contributed by atoms with E-state index < -0.39 is 10.0 Å². The fourth-order valence-corrected chi connectivity index (χ4v) is 3.91. The van der Waals surface area contributed by atoms with Gasteiger partial charge in [-0.15, -0.1) is 0 Å². The van der Waals surface area contributed by atoms with Gasteiger partial charge in [0.2, 0.25) is 10.0 Å². The molecule has 2 aromatic rings. The summed E-state index contributed by atoms with van der Waals surface area (Å²) in [6.45, 7) is 2.16. The fraction of sp³-hybridized carbons (Fsp3) is 0.263. The molecule has 120 valence electrons. The van der Waals surface area contributed by atoms with E-state index in [1.807, 2.05) is 60.7 Å². The van der Waals surface area contributed by atoms with Crippen LogP contribution < -0.4 is 4.72 Å². The van der Waals surface area contributed by atoms with Crippen molar-refractivity contribution in [2.75, 3.05) is 0 Å². The summed E-state index contributed by atoms with van der Waals surface area (Å²) >= 11 is 0. The lowest BCUT2D eigenvalue weighted by molar-refractivity contribution is 0.519. The van der Waals surface area contributed by atoms with Gasteiger partial charge in [-0.3, -0.25) is 0 Å². The first kappa shape index (κ1) is 16.0. The molecule has 1 fully saturated rings. The van der Waals surface area contributed by atoms with Crippen molar-refractivity contribution in [1.29, 1.82) is 0 Å². The van der Waals surface area contributed by atoms with Crippen molar-refractivity contribution in [2.24, 2.45) is 11.8 Å². The van der Waals surface area contributed by atoms with Crippen molar-refractivity contribution in [3.05, 3.63) is 77.2 Å². The van der Waals surface area contributed by atoms with Crippen LogP contribution in [0.5, 0.6) is 0 Å². The number of hydrogen-bond donors (Lipinski definition) is 1. The SMILES string of the molecule is CC1CC1C(NS(=O)(=O)/C=C/c1ccccc1)c1ccccc1. The van der Waals surface area contributed by atoms with Crippen LogP contribution in [-0.4, -0.2) is 8.42 Å². The number of rotatable bonds is 6. The predicted molar refractivity (Wildman–Crippen MR) is 94.0 cm³/mol. The Morgan fingerprint density at radius 3 is 2.17 bits per heavy atom. The van der Waals surface area contributed by atoms with Crippen molar-refractivity contribution in [3.63, 3.8) is 0 Å². The largest absolute Gasteiger partial charge is 0.234 e. The Bertz CT molecular complexity index is 770. The van der Waals surface area contributed by atoms with E-state index in [1.54, 1.807) is 6.08 Å². The van der Waals surface area contributed by atoms with E-state index in [4.69, 9.17) is 0 Å². The van der Waals surface area contributed by atoms with Crippen LogP contribution in [0.1, 0.15) is 30.5 Å². The van der Waals surface area contributed by atoms with Gasteiger partial charge in [0.1, 0.15) is 0 Å². The van der Waals surface area contributed by atoms with E-state index >= 15 is 0 Å². The van der Waals surface area contributed by atoms with Gasteiger partial charge in [-0.25, -0.2) is 13.1 Å². The molecule has 2 aromatic carbocycles. The number of benzene rings is 2. The van der Waals surface area contributed by atoms with Crippen molar-refractivity contribution in [2.45, 2.75) is 19.4 Å². The van der Waals surface area contributed by atoms with Crippen LogP contribution in [0.3, 0.4) is 0 Å². The van der Waals surface area contributed by atoms with E-state index in [0.717, 1.165) is 17.5 Å². The Kier molecular flexibility index (Phi) is 4.64. The zero-order chi connectivity index (χ0) is 16.3. The highest BCUT2D eigenvalue weighted by Crippen LogP contribution is 2.47. The minimum atomic E-state index is -3.49. The molecule has 1 aliphatic rings. The maximum absolute atomic E-state index is 12.4. The molecular formula is C19H21NO2S. The molecule has 23 heavy (non-hydrogen) atoms.